The second kappa shape index (κ2) is 9.52. The summed E-state index contributed by atoms with van der Waals surface area (Å²) in [5.41, 5.74) is 2.75. The number of anilines is 2. The van der Waals surface area contributed by atoms with Crippen molar-refractivity contribution < 1.29 is 4.74 Å². The number of benzene rings is 1. The lowest BCUT2D eigenvalue weighted by Crippen LogP contribution is -1.94. The van der Waals surface area contributed by atoms with E-state index in [0.717, 1.165) is 45.3 Å². The molecule has 152 valence electrons. The first-order valence-corrected chi connectivity index (χ1v) is 12.0. The lowest BCUT2D eigenvalue weighted by molar-refractivity contribution is 0.415. The topological polar surface area (TPSA) is 72.8 Å². The molecule has 4 aromatic heterocycles. The molecule has 0 atom stereocenters. The summed E-state index contributed by atoms with van der Waals surface area (Å²) in [6.07, 6.45) is 3.02. The molecule has 0 aliphatic rings. The minimum atomic E-state index is 0.519. The Balaban J connectivity index is 0.000000168. The zero-order chi connectivity index (χ0) is 21.1. The maximum atomic E-state index is 5.81. The fourth-order valence-corrected chi connectivity index (χ4v) is 5.71. The van der Waals surface area contributed by atoms with Gasteiger partial charge in [-0.25, -0.2) is 19.9 Å². The Kier molecular flexibility index (Phi) is 6.79. The van der Waals surface area contributed by atoms with E-state index in [1.165, 1.54) is 17.7 Å². The van der Waals surface area contributed by atoms with E-state index >= 15 is 0 Å². The largest absolute Gasteiger partial charge is 0.497 e. The van der Waals surface area contributed by atoms with Crippen LogP contribution in [0.4, 0.5) is 11.5 Å². The summed E-state index contributed by atoms with van der Waals surface area (Å²) in [6, 6.07) is 11.6. The number of rotatable bonds is 3. The molecule has 0 aliphatic heterocycles. The van der Waals surface area contributed by atoms with Crippen molar-refractivity contribution in [3.05, 3.63) is 61.8 Å². The second-order valence-electron chi connectivity index (χ2n) is 5.77. The first-order valence-electron chi connectivity index (χ1n) is 8.40. The zero-order valence-corrected chi connectivity index (χ0v) is 20.8. The number of aromatic nitrogens is 4. The highest BCUT2D eigenvalue weighted by atomic mass is 79.9. The van der Waals surface area contributed by atoms with Crippen LogP contribution >= 0.6 is 66.1 Å². The van der Waals surface area contributed by atoms with Crippen molar-refractivity contribution in [3.8, 4) is 5.75 Å². The highest BCUT2D eigenvalue weighted by Gasteiger charge is 2.08. The average Bonchev–Trinajstić information content (AvgIpc) is 3.31. The third-order valence-electron chi connectivity index (χ3n) is 3.85. The van der Waals surface area contributed by atoms with Gasteiger partial charge in [0, 0.05) is 11.8 Å². The third-order valence-corrected chi connectivity index (χ3v) is 7.52. The van der Waals surface area contributed by atoms with Crippen molar-refractivity contribution in [1.82, 2.24) is 19.9 Å². The summed E-state index contributed by atoms with van der Waals surface area (Å²) < 4.78 is 9.22. The van der Waals surface area contributed by atoms with Gasteiger partial charge in [-0.3, -0.25) is 0 Å². The van der Waals surface area contributed by atoms with Crippen LogP contribution in [0.3, 0.4) is 0 Å². The van der Waals surface area contributed by atoms with Gasteiger partial charge in [0.2, 0.25) is 0 Å². The monoisotopic (exact) mass is 583 g/mol. The zero-order valence-electron chi connectivity index (χ0n) is 15.3. The van der Waals surface area contributed by atoms with Crippen molar-refractivity contribution in [1.29, 1.82) is 0 Å². The predicted octanol–water partition coefficient (Wildman–Crippen LogP) is 7.31. The second-order valence-corrected chi connectivity index (χ2v) is 11.0. The lowest BCUT2D eigenvalue weighted by atomic mass is 10.3. The van der Waals surface area contributed by atoms with Crippen molar-refractivity contribution >= 4 is 98.1 Å². The van der Waals surface area contributed by atoms with Gasteiger partial charge in [0.05, 0.1) is 35.1 Å². The van der Waals surface area contributed by atoms with E-state index in [0.29, 0.717) is 5.15 Å². The van der Waals surface area contributed by atoms with Crippen LogP contribution in [0.2, 0.25) is 5.15 Å². The molecule has 5 aromatic rings. The fourth-order valence-electron chi connectivity index (χ4n) is 2.55. The van der Waals surface area contributed by atoms with Crippen molar-refractivity contribution in [2.75, 3.05) is 12.4 Å². The molecule has 0 fully saturated rings. The van der Waals surface area contributed by atoms with Gasteiger partial charge in [-0.05, 0) is 56.1 Å². The molecule has 6 nitrogen and oxygen atoms in total. The quantitative estimate of drug-likeness (QED) is 0.224. The smallest absolute Gasteiger partial charge is 0.151 e. The van der Waals surface area contributed by atoms with Crippen LogP contribution in [0.1, 0.15) is 0 Å². The number of thiophene rings is 2. The molecule has 0 radical (unpaired) electrons. The Morgan fingerprint density at radius 1 is 0.900 bits per heavy atom. The van der Waals surface area contributed by atoms with E-state index < -0.39 is 0 Å². The third kappa shape index (κ3) is 4.89. The SMILES string of the molecule is COc1cccc(Nc2ncnc3cc(Br)sc23)c1.Clc1ncnc2cc(Br)sc12. The number of ether oxygens (including phenoxy) is 1. The fraction of sp³-hybridized carbons (Fsp3) is 0.0526. The van der Waals surface area contributed by atoms with Gasteiger partial charge in [-0.2, -0.15) is 0 Å². The molecule has 0 aliphatic carbocycles. The first-order chi connectivity index (χ1) is 14.5. The van der Waals surface area contributed by atoms with E-state index in [2.05, 4.69) is 57.1 Å². The molecule has 30 heavy (non-hydrogen) atoms. The highest BCUT2D eigenvalue weighted by Crippen LogP contribution is 2.34. The molecule has 1 aromatic carbocycles. The molecule has 1 N–H and O–H groups in total. The van der Waals surface area contributed by atoms with Gasteiger partial charge >= 0.3 is 0 Å². The van der Waals surface area contributed by atoms with Crippen LogP contribution in [0.25, 0.3) is 20.4 Å². The number of hydrogen-bond acceptors (Lipinski definition) is 8. The van der Waals surface area contributed by atoms with Crippen LogP contribution in [-0.4, -0.2) is 27.0 Å². The number of nitrogens with one attached hydrogen (secondary N) is 1. The lowest BCUT2D eigenvalue weighted by Gasteiger charge is -2.07. The molecular formula is C19H12Br2ClN5OS2. The summed E-state index contributed by atoms with van der Waals surface area (Å²) in [7, 11) is 1.65. The van der Waals surface area contributed by atoms with Crippen LogP contribution in [-0.2, 0) is 0 Å². The van der Waals surface area contributed by atoms with Crippen LogP contribution in [0.5, 0.6) is 5.75 Å². The Labute approximate surface area is 201 Å². The Morgan fingerprint density at radius 2 is 1.57 bits per heavy atom. The number of halogens is 3. The first kappa shape index (κ1) is 21.4. The minimum Gasteiger partial charge on any atom is -0.497 e. The summed E-state index contributed by atoms with van der Waals surface area (Å²) in [5.74, 6) is 1.61. The standard InChI is InChI=1S/C13H10BrN3OS.C6H2BrClN2S/c1-18-9-4-2-3-8(5-9)17-13-12-10(15-7-16-13)6-11(14)19-12;7-4-1-3-5(11-4)6(8)10-2-9-3/h2-7H,1H3,(H,15,16,17);1-2H. The van der Waals surface area contributed by atoms with Crippen LogP contribution in [0.15, 0.2) is 56.6 Å². The molecule has 0 amide bonds. The molecule has 5 rings (SSSR count). The molecule has 0 spiro atoms. The van der Waals surface area contributed by atoms with E-state index in [-0.39, 0.29) is 0 Å². The normalized spacial score (nSPS) is 10.7. The van der Waals surface area contributed by atoms with Gasteiger partial charge in [0.15, 0.2) is 5.82 Å². The van der Waals surface area contributed by atoms with E-state index in [1.807, 2.05) is 36.4 Å². The van der Waals surface area contributed by atoms with E-state index in [4.69, 9.17) is 16.3 Å². The molecule has 0 saturated heterocycles. The molecule has 0 saturated carbocycles. The molecular weight excluding hydrogens is 574 g/mol. The van der Waals surface area contributed by atoms with Crippen molar-refractivity contribution in [2.45, 2.75) is 0 Å². The van der Waals surface area contributed by atoms with Gasteiger partial charge in [0.1, 0.15) is 23.6 Å². The Bertz CT molecular complexity index is 1330. The van der Waals surface area contributed by atoms with Gasteiger partial charge in [-0.1, -0.05) is 17.7 Å². The Hall–Kier alpha value is -1.85. The van der Waals surface area contributed by atoms with Crippen molar-refractivity contribution in [3.63, 3.8) is 0 Å². The van der Waals surface area contributed by atoms with Crippen molar-refractivity contribution in [2.24, 2.45) is 0 Å². The summed E-state index contributed by atoms with van der Waals surface area (Å²) in [4.78, 5) is 16.5. The molecule has 0 unspecified atom stereocenters. The minimum absolute atomic E-state index is 0.519. The Morgan fingerprint density at radius 3 is 2.27 bits per heavy atom. The number of methoxy groups -OCH3 is 1. The van der Waals surface area contributed by atoms with E-state index in [9.17, 15) is 0 Å². The maximum Gasteiger partial charge on any atom is 0.151 e. The average molecular weight is 586 g/mol. The number of nitrogens with zero attached hydrogens (tertiary/aromatic N) is 4. The van der Waals surface area contributed by atoms with Gasteiger partial charge in [-0.15, -0.1) is 22.7 Å². The van der Waals surface area contributed by atoms with Gasteiger partial charge in [0.25, 0.3) is 0 Å². The van der Waals surface area contributed by atoms with Crippen LogP contribution < -0.4 is 10.1 Å². The number of hydrogen-bond donors (Lipinski definition) is 1. The highest BCUT2D eigenvalue weighted by molar-refractivity contribution is 9.11. The summed E-state index contributed by atoms with van der Waals surface area (Å²) in [5, 5.41) is 3.81. The van der Waals surface area contributed by atoms with E-state index in [1.54, 1.807) is 24.8 Å². The predicted molar refractivity (Wildman–Crippen MR) is 132 cm³/mol. The molecule has 11 heteroatoms. The van der Waals surface area contributed by atoms with Gasteiger partial charge < -0.3 is 10.1 Å². The molecule has 4 heterocycles. The van der Waals surface area contributed by atoms with Crippen LogP contribution in [0, 0.1) is 0 Å². The number of fused-ring (bicyclic) bond motifs is 2. The summed E-state index contributed by atoms with van der Waals surface area (Å²) >= 11 is 15.8. The summed E-state index contributed by atoms with van der Waals surface area (Å²) in [6.45, 7) is 0. The molecule has 0 bridgehead atoms. The maximum absolute atomic E-state index is 5.81.